The minimum atomic E-state index is -2.86. The van der Waals surface area contributed by atoms with Crippen LogP contribution in [0.3, 0.4) is 0 Å². The predicted octanol–water partition coefficient (Wildman–Crippen LogP) is 1.15. The summed E-state index contributed by atoms with van der Waals surface area (Å²) in [6.45, 7) is -0.388. The van der Waals surface area contributed by atoms with Gasteiger partial charge in [0.1, 0.15) is 6.04 Å². The van der Waals surface area contributed by atoms with Gasteiger partial charge in [0.2, 0.25) is 11.8 Å². The Labute approximate surface area is 146 Å². The third-order valence-electron chi connectivity index (χ3n) is 4.43. The van der Waals surface area contributed by atoms with Crippen molar-refractivity contribution in [1.82, 2.24) is 15.5 Å². The molecule has 1 unspecified atom stereocenters. The van der Waals surface area contributed by atoms with Crippen LogP contribution in [0.4, 0.5) is 13.6 Å². The van der Waals surface area contributed by atoms with E-state index in [1.54, 1.807) is 0 Å². The number of alkyl halides is 2. The first-order valence-electron chi connectivity index (χ1n) is 7.83. The Morgan fingerprint density at radius 3 is 2.69 bits per heavy atom. The van der Waals surface area contributed by atoms with Gasteiger partial charge in [-0.3, -0.25) is 19.7 Å². The molecule has 2 heterocycles. The summed E-state index contributed by atoms with van der Waals surface area (Å²) < 4.78 is 26.9. The Balaban J connectivity index is 1.92. The molecule has 8 nitrogen and oxygen atoms in total. The molecule has 4 amide bonds. The number of fused-ring (bicyclic) bond motifs is 1. The molecule has 2 aliphatic heterocycles. The number of imide groups is 1. The number of amides is 4. The topological polar surface area (TPSA) is 116 Å². The Morgan fingerprint density at radius 2 is 2.08 bits per heavy atom. The van der Waals surface area contributed by atoms with Crippen molar-refractivity contribution in [2.45, 2.75) is 38.4 Å². The van der Waals surface area contributed by atoms with E-state index in [4.69, 9.17) is 5.11 Å². The Morgan fingerprint density at radius 1 is 1.35 bits per heavy atom. The van der Waals surface area contributed by atoms with E-state index in [2.05, 4.69) is 10.6 Å². The molecule has 0 saturated carbocycles. The highest BCUT2D eigenvalue weighted by Gasteiger charge is 2.40. The van der Waals surface area contributed by atoms with Gasteiger partial charge in [-0.2, -0.15) is 0 Å². The lowest BCUT2D eigenvalue weighted by atomic mass is 9.99. The summed E-state index contributed by atoms with van der Waals surface area (Å²) in [5.74, 6) is -1.66. The van der Waals surface area contributed by atoms with Gasteiger partial charge in [-0.1, -0.05) is 0 Å². The van der Waals surface area contributed by atoms with E-state index in [1.807, 2.05) is 0 Å². The number of piperidine rings is 1. The van der Waals surface area contributed by atoms with Crippen molar-refractivity contribution in [3.63, 3.8) is 0 Å². The number of benzene rings is 1. The Bertz CT molecular complexity index is 811. The maximum Gasteiger partial charge on any atom is 0.404 e. The van der Waals surface area contributed by atoms with Gasteiger partial charge in [0, 0.05) is 30.6 Å². The summed E-state index contributed by atoms with van der Waals surface area (Å²) in [7, 11) is 0. The first-order valence-corrected chi connectivity index (χ1v) is 7.83. The monoisotopic (exact) mass is 367 g/mol. The van der Waals surface area contributed by atoms with Crippen molar-refractivity contribution in [3.05, 3.63) is 34.4 Å². The summed E-state index contributed by atoms with van der Waals surface area (Å²) in [6.07, 6.45) is -3.99. The van der Waals surface area contributed by atoms with E-state index in [-0.39, 0.29) is 48.2 Å². The second kappa shape index (κ2) is 6.70. The average Bonchev–Trinajstić information content (AvgIpc) is 2.89. The van der Waals surface area contributed by atoms with Crippen molar-refractivity contribution >= 4 is 23.8 Å². The van der Waals surface area contributed by atoms with Gasteiger partial charge < -0.3 is 15.3 Å². The van der Waals surface area contributed by atoms with Crippen molar-refractivity contribution in [3.8, 4) is 0 Å². The van der Waals surface area contributed by atoms with Crippen LogP contribution >= 0.6 is 0 Å². The standard InChI is InChI=1S/C16H15F2N3O5/c17-13(18)8-3-7(5-19-16(25)26)4-9-10(8)6-21(15(9)24)11-1-2-12(22)20-14(11)23/h3-4,11,13,19H,1-2,5-6H2,(H,25,26)(H,20,22,23). The largest absolute Gasteiger partial charge is 0.465 e. The molecule has 138 valence electrons. The molecule has 0 aromatic heterocycles. The average molecular weight is 367 g/mol. The molecule has 3 rings (SSSR count). The molecule has 0 bridgehead atoms. The van der Waals surface area contributed by atoms with Gasteiger partial charge in [-0.25, -0.2) is 13.6 Å². The van der Waals surface area contributed by atoms with Crippen LogP contribution in [0.1, 0.15) is 46.3 Å². The molecule has 26 heavy (non-hydrogen) atoms. The normalized spacial score (nSPS) is 19.6. The zero-order valence-corrected chi connectivity index (χ0v) is 13.4. The van der Waals surface area contributed by atoms with E-state index in [9.17, 15) is 28.0 Å². The van der Waals surface area contributed by atoms with Crippen LogP contribution in [0.2, 0.25) is 0 Å². The summed E-state index contributed by atoms with van der Waals surface area (Å²) >= 11 is 0. The second-order valence-electron chi connectivity index (χ2n) is 6.07. The van der Waals surface area contributed by atoms with Crippen molar-refractivity contribution in [1.29, 1.82) is 0 Å². The third-order valence-corrected chi connectivity index (χ3v) is 4.43. The minimum absolute atomic E-state index is 0.0229. The molecule has 3 N–H and O–H groups in total. The number of halogens is 2. The van der Waals surface area contributed by atoms with Crippen LogP contribution in [0.25, 0.3) is 0 Å². The summed E-state index contributed by atoms with van der Waals surface area (Å²) in [5.41, 5.74) is -0.00350. The fourth-order valence-electron chi connectivity index (χ4n) is 3.23. The second-order valence-corrected chi connectivity index (χ2v) is 6.07. The van der Waals surface area contributed by atoms with Crippen LogP contribution < -0.4 is 10.6 Å². The zero-order valence-electron chi connectivity index (χ0n) is 13.4. The maximum absolute atomic E-state index is 13.4. The van der Waals surface area contributed by atoms with Crippen LogP contribution in [0.15, 0.2) is 12.1 Å². The molecule has 1 fully saturated rings. The van der Waals surface area contributed by atoms with E-state index in [0.29, 0.717) is 0 Å². The number of carbonyl (C=O) groups excluding carboxylic acids is 3. The maximum atomic E-state index is 13.4. The van der Waals surface area contributed by atoms with Crippen molar-refractivity contribution in [2.75, 3.05) is 0 Å². The van der Waals surface area contributed by atoms with E-state index in [1.165, 1.54) is 11.0 Å². The fourth-order valence-corrected chi connectivity index (χ4v) is 3.23. The molecule has 0 spiro atoms. The molecule has 1 aromatic rings. The molecular weight excluding hydrogens is 352 g/mol. The SMILES string of the molecule is O=C(O)NCc1cc2c(c(C(F)F)c1)CN(C1CCC(=O)NC1=O)C2=O. The molecule has 2 aliphatic rings. The third kappa shape index (κ3) is 3.22. The predicted molar refractivity (Wildman–Crippen MR) is 82.3 cm³/mol. The fraction of sp³-hybridized carbons (Fsp3) is 0.375. The highest BCUT2D eigenvalue weighted by molar-refractivity contribution is 6.05. The van der Waals surface area contributed by atoms with Gasteiger partial charge in [0.05, 0.1) is 0 Å². The highest BCUT2D eigenvalue weighted by atomic mass is 19.3. The summed E-state index contributed by atoms with van der Waals surface area (Å²) in [5, 5.41) is 12.9. The lowest BCUT2D eigenvalue weighted by Crippen LogP contribution is -2.52. The zero-order chi connectivity index (χ0) is 19.0. The summed E-state index contributed by atoms with van der Waals surface area (Å²) in [4.78, 5) is 47.7. The lowest BCUT2D eigenvalue weighted by molar-refractivity contribution is -0.136. The van der Waals surface area contributed by atoms with Gasteiger partial charge >= 0.3 is 6.09 Å². The first kappa shape index (κ1) is 17.8. The minimum Gasteiger partial charge on any atom is -0.465 e. The number of carbonyl (C=O) groups is 4. The van der Waals surface area contributed by atoms with E-state index >= 15 is 0 Å². The number of nitrogens with zero attached hydrogens (tertiary/aromatic N) is 1. The Kier molecular flexibility index (Phi) is 4.58. The molecule has 1 saturated heterocycles. The van der Waals surface area contributed by atoms with Crippen LogP contribution in [0.5, 0.6) is 0 Å². The molecule has 0 aliphatic carbocycles. The molecule has 0 radical (unpaired) electrons. The first-order chi connectivity index (χ1) is 12.3. The van der Waals surface area contributed by atoms with Gasteiger partial charge in [0.15, 0.2) is 0 Å². The lowest BCUT2D eigenvalue weighted by Gasteiger charge is -2.29. The van der Waals surface area contributed by atoms with Crippen LogP contribution in [0, 0.1) is 0 Å². The van der Waals surface area contributed by atoms with Gasteiger partial charge in [0.25, 0.3) is 12.3 Å². The number of nitrogens with one attached hydrogen (secondary N) is 2. The van der Waals surface area contributed by atoms with Crippen molar-refractivity contribution < 1.29 is 33.1 Å². The van der Waals surface area contributed by atoms with Crippen LogP contribution in [-0.4, -0.2) is 39.9 Å². The Hall–Kier alpha value is -3.04. The molecule has 1 aromatic carbocycles. The number of carboxylic acid groups (broad SMARTS) is 1. The van der Waals surface area contributed by atoms with Gasteiger partial charge in [-0.15, -0.1) is 0 Å². The number of hydrogen-bond acceptors (Lipinski definition) is 4. The number of rotatable bonds is 4. The summed E-state index contributed by atoms with van der Waals surface area (Å²) in [6, 6.07) is 1.60. The highest BCUT2D eigenvalue weighted by Crippen LogP contribution is 2.35. The molecule has 10 heteroatoms. The van der Waals surface area contributed by atoms with Crippen molar-refractivity contribution in [2.24, 2.45) is 0 Å². The van der Waals surface area contributed by atoms with Gasteiger partial charge in [-0.05, 0) is 29.7 Å². The smallest absolute Gasteiger partial charge is 0.404 e. The van der Waals surface area contributed by atoms with E-state index in [0.717, 1.165) is 6.07 Å². The molecule has 1 atom stereocenters. The quantitative estimate of drug-likeness (QED) is 0.691. The molecular formula is C16H15F2N3O5. The number of hydrogen-bond donors (Lipinski definition) is 3. The van der Waals surface area contributed by atoms with E-state index < -0.39 is 36.3 Å². The van der Waals surface area contributed by atoms with Crippen LogP contribution in [-0.2, 0) is 22.7 Å².